The van der Waals surface area contributed by atoms with E-state index in [1.165, 1.54) is 24.3 Å². The van der Waals surface area contributed by atoms with Crippen LogP contribution in [0.1, 0.15) is 0 Å². The first-order valence-corrected chi connectivity index (χ1v) is 11.7. The predicted molar refractivity (Wildman–Crippen MR) is 146 cm³/mol. The van der Waals surface area contributed by atoms with E-state index in [2.05, 4.69) is 59.2 Å². The molecule has 0 heterocycles. The molecule has 0 saturated heterocycles. The molecule has 6 aromatic carbocycles. The summed E-state index contributed by atoms with van der Waals surface area (Å²) in [4.78, 5) is 0. The average molecular weight is 473 g/mol. The van der Waals surface area contributed by atoms with Crippen LogP contribution in [0.25, 0.3) is 32.7 Å². The first-order valence-electron chi connectivity index (χ1n) is 11.7. The van der Waals surface area contributed by atoms with E-state index in [9.17, 15) is 8.78 Å². The molecule has 0 fully saturated rings. The van der Waals surface area contributed by atoms with Crippen LogP contribution in [0.5, 0.6) is 0 Å². The van der Waals surface area contributed by atoms with E-state index in [-0.39, 0.29) is 11.6 Å². The van der Waals surface area contributed by atoms with Gasteiger partial charge in [-0.2, -0.15) is 0 Å². The lowest BCUT2D eigenvalue weighted by atomic mass is 9.92. The number of hydrogen-bond acceptors (Lipinski definition) is 2. The van der Waals surface area contributed by atoms with Crippen molar-refractivity contribution in [2.75, 3.05) is 10.6 Å². The Labute approximate surface area is 207 Å². The Morgan fingerprint density at radius 3 is 1.11 bits per heavy atom. The van der Waals surface area contributed by atoms with Gasteiger partial charge in [-0.05, 0) is 82.6 Å². The maximum Gasteiger partial charge on any atom is 0.123 e. The molecule has 0 aromatic heterocycles. The molecular weight excluding hydrogens is 450 g/mol. The molecule has 2 N–H and O–H groups in total. The summed E-state index contributed by atoms with van der Waals surface area (Å²) in [7, 11) is 0. The topological polar surface area (TPSA) is 24.1 Å². The minimum atomic E-state index is -0.259. The van der Waals surface area contributed by atoms with Crippen molar-refractivity contribution in [2.24, 2.45) is 0 Å². The van der Waals surface area contributed by atoms with Crippen molar-refractivity contribution in [2.45, 2.75) is 0 Å². The summed E-state index contributed by atoms with van der Waals surface area (Å²) < 4.78 is 26.7. The number of anilines is 4. The molecule has 0 aliphatic carbocycles. The molecule has 6 rings (SSSR count). The normalized spacial score (nSPS) is 11.1. The summed E-state index contributed by atoms with van der Waals surface area (Å²) in [5.74, 6) is -0.519. The molecular formula is C32H22F2N2. The Morgan fingerprint density at radius 1 is 0.361 bits per heavy atom. The summed E-state index contributed by atoms with van der Waals surface area (Å²) in [6.07, 6.45) is 0. The van der Waals surface area contributed by atoms with E-state index in [1.807, 2.05) is 24.3 Å². The second-order valence-corrected chi connectivity index (χ2v) is 8.68. The van der Waals surface area contributed by atoms with Gasteiger partial charge in [-0.15, -0.1) is 0 Å². The van der Waals surface area contributed by atoms with Crippen molar-refractivity contribution in [3.05, 3.63) is 133 Å². The molecule has 0 amide bonds. The average Bonchev–Trinajstić information content (AvgIpc) is 2.92. The minimum Gasteiger partial charge on any atom is -0.355 e. The Kier molecular flexibility index (Phi) is 5.55. The second-order valence-electron chi connectivity index (χ2n) is 8.68. The summed E-state index contributed by atoms with van der Waals surface area (Å²) >= 11 is 0. The van der Waals surface area contributed by atoms with Crippen molar-refractivity contribution in [1.29, 1.82) is 0 Å². The highest BCUT2D eigenvalue weighted by atomic mass is 19.1. The summed E-state index contributed by atoms with van der Waals surface area (Å²) in [5.41, 5.74) is 5.83. The molecule has 0 saturated carbocycles. The van der Waals surface area contributed by atoms with Gasteiger partial charge in [0.1, 0.15) is 11.6 Å². The van der Waals surface area contributed by atoms with Crippen molar-refractivity contribution < 1.29 is 8.78 Å². The first kappa shape index (κ1) is 21.8. The van der Waals surface area contributed by atoms with Crippen LogP contribution in [0.2, 0.25) is 0 Å². The van der Waals surface area contributed by atoms with Crippen LogP contribution in [0.4, 0.5) is 31.5 Å². The fourth-order valence-electron chi connectivity index (χ4n) is 4.66. The lowest BCUT2D eigenvalue weighted by Crippen LogP contribution is -1.95. The Hall–Kier alpha value is -4.70. The van der Waals surface area contributed by atoms with Crippen LogP contribution in [0, 0.1) is 11.6 Å². The first-order chi connectivity index (χ1) is 17.7. The molecule has 0 bridgehead atoms. The van der Waals surface area contributed by atoms with Gasteiger partial charge >= 0.3 is 0 Å². The molecule has 0 aliphatic heterocycles. The molecule has 0 atom stereocenters. The zero-order chi connectivity index (χ0) is 24.5. The second kappa shape index (κ2) is 9.16. The Bertz CT molecular complexity index is 1560. The van der Waals surface area contributed by atoms with Gasteiger partial charge in [-0.25, -0.2) is 8.78 Å². The van der Waals surface area contributed by atoms with Gasteiger partial charge in [0.2, 0.25) is 0 Å². The molecule has 0 aliphatic rings. The highest BCUT2D eigenvalue weighted by Crippen LogP contribution is 2.40. The molecule has 36 heavy (non-hydrogen) atoms. The van der Waals surface area contributed by atoms with E-state index in [0.717, 1.165) is 55.4 Å². The van der Waals surface area contributed by atoms with Crippen molar-refractivity contribution in [3.8, 4) is 11.1 Å². The molecule has 6 aromatic rings. The van der Waals surface area contributed by atoms with Gasteiger partial charge in [-0.3, -0.25) is 0 Å². The highest BCUT2D eigenvalue weighted by molar-refractivity contribution is 6.11. The quantitative estimate of drug-likeness (QED) is 0.261. The smallest absolute Gasteiger partial charge is 0.123 e. The Morgan fingerprint density at radius 2 is 0.722 bits per heavy atom. The van der Waals surface area contributed by atoms with E-state index >= 15 is 0 Å². The number of halogens is 2. The van der Waals surface area contributed by atoms with Crippen molar-refractivity contribution >= 4 is 44.3 Å². The third-order valence-electron chi connectivity index (χ3n) is 6.38. The number of hydrogen-bond donors (Lipinski definition) is 2. The van der Waals surface area contributed by atoms with E-state index in [1.54, 1.807) is 24.3 Å². The lowest BCUT2D eigenvalue weighted by Gasteiger charge is -2.17. The fraction of sp³-hybridized carbons (Fsp3) is 0. The summed E-state index contributed by atoms with van der Waals surface area (Å²) in [5, 5.41) is 11.3. The molecule has 174 valence electrons. The van der Waals surface area contributed by atoms with E-state index < -0.39 is 0 Å². The Balaban J connectivity index is 1.45. The van der Waals surface area contributed by atoms with Gasteiger partial charge in [0.15, 0.2) is 0 Å². The third kappa shape index (κ3) is 4.14. The van der Waals surface area contributed by atoms with Gasteiger partial charge in [0, 0.05) is 33.5 Å². The van der Waals surface area contributed by atoms with Crippen LogP contribution in [-0.4, -0.2) is 0 Å². The van der Waals surface area contributed by atoms with Gasteiger partial charge in [0.25, 0.3) is 0 Å². The molecule has 2 nitrogen and oxygen atoms in total. The molecule has 0 spiro atoms. The number of fused-ring (bicyclic) bond motifs is 2. The van der Waals surface area contributed by atoms with Crippen LogP contribution in [0.15, 0.2) is 121 Å². The summed E-state index contributed by atoms with van der Waals surface area (Å²) in [6, 6.07) is 37.7. The predicted octanol–water partition coefficient (Wildman–Crippen LogP) is 9.43. The van der Waals surface area contributed by atoms with Crippen LogP contribution in [0.3, 0.4) is 0 Å². The van der Waals surface area contributed by atoms with E-state index in [4.69, 9.17) is 0 Å². The van der Waals surface area contributed by atoms with Crippen LogP contribution < -0.4 is 10.6 Å². The van der Waals surface area contributed by atoms with Gasteiger partial charge in [0.05, 0.1) is 0 Å². The van der Waals surface area contributed by atoms with Gasteiger partial charge < -0.3 is 10.6 Å². The van der Waals surface area contributed by atoms with E-state index in [0.29, 0.717) is 0 Å². The molecule has 0 radical (unpaired) electrons. The largest absolute Gasteiger partial charge is 0.355 e. The molecule has 4 heteroatoms. The number of rotatable bonds is 5. The fourth-order valence-corrected chi connectivity index (χ4v) is 4.66. The molecule has 0 unspecified atom stereocenters. The maximum atomic E-state index is 13.4. The number of nitrogens with one attached hydrogen (secondary N) is 2. The van der Waals surface area contributed by atoms with Crippen molar-refractivity contribution in [3.63, 3.8) is 0 Å². The van der Waals surface area contributed by atoms with Crippen LogP contribution in [-0.2, 0) is 0 Å². The SMILES string of the molecule is Fc1ccc(Nc2ccc(-c3ccc(Nc4ccc(F)cc4)c4ccccc34)c3ccccc23)cc1. The minimum absolute atomic E-state index is 0.259. The van der Waals surface area contributed by atoms with Crippen molar-refractivity contribution in [1.82, 2.24) is 0 Å². The summed E-state index contributed by atoms with van der Waals surface area (Å²) in [6.45, 7) is 0. The standard InChI is InChI=1S/C32H22F2N2/c33-21-9-13-23(14-10-21)35-31-19-17-27(25-5-1-3-7-29(25)31)28-18-20-32(30-8-4-2-6-26(28)30)36-24-15-11-22(34)12-16-24/h1-20,35-36H. The highest BCUT2D eigenvalue weighted by Gasteiger charge is 2.13. The third-order valence-corrected chi connectivity index (χ3v) is 6.38. The van der Waals surface area contributed by atoms with Crippen LogP contribution >= 0.6 is 0 Å². The zero-order valence-electron chi connectivity index (χ0n) is 19.3. The monoisotopic (exact) mass is 472 g/mol. The maximum absolute atomic E-state index is 13.4. The lowest BCUT2D eigenvalue weighted by molar-refractivity contribution is 0.627. The zero-order valence-corrected chi connectivity index (χ0v) is 19.3. The van der Waals surface area contributed by atoms with Gasteiger partial charge in [-0.1, -0.05) is 60.7 Å². The number of benzene rings is 6.